The van der Waals surface area contributed by atoms with E-state index in [9.17, 15) is 0 Å². The smallest absolute Gasteiger partial charge is 0.327 e. The molecule has 0 rings (SSSR count). The van der Waals surface area contributed by atoms with E-state index in [1.165, 1.54) is 0 Å². The van der Waals surface area contributed by atoms with Crippen molar-refractivity contribution in [3.05, 3.63) is 0 Å². The molecule has 2 nitrogen and oxygen atoms in total. The van der Waals surface area contributed by atoms with Crippen LogP contribution >= 0.6 is 0 Å². The van der Waals surface area contributed by atoms with Crippen LogP contribution in [0.25, 0.3) is 0 Å². The Kier molecular flexibility index (Phi) is 54.6. The van der Waals surface area contributed by atoms with E-state index >= 15 is 0 Å². The van der Waals surface area contributed by atoms with E-state index in [4.69, 9.17) is 9.32 Å². The van der Waals surface area contributed by atoms with Gasteiger partial charge in [0.2, 0.25) is 0 Å². The first kappa shape index (κ1) is 15.9. The summed E-state index contributed by atoms with van der Waals surface area (Å²) in [5.74, 6) is 0. The molecule has 5 heavy (non-hydrogen) atoms. The molecule has 0 aliphatic heterocycles. The first-order valence-electron chi connectivity index (χ1n) is 0.323. The predicted molar refractivity (Wildman–Crippen MR) is 9.37 cm³/mol. The van der Waals surface area contributed by atoms with Crippen LogP contribution in [0.3, 0.4) is 0 Å². The molecule has 0 saturated heterocycles. The molecule has 5 heteroatoms. The third-order valence-corrected chi connectivity index (χ3v) is 0. The fraction of sp³-hybridized carbons (Fsp3) is 0. The number of hydrogen-bond donors (Lipinski definition) is 1. The summed E-state index contributed by atoms with van der Waals surface area (Å²) in [6.45, 7) is 0. The quantitative estimate of drug-likeness (QED) is 0.397. The second-order valence-corrected chi connectivity index (χ2v) is 0.207. The molecule has 0 aromatic carbocycles. The molecule has 1 N–H and O–H groups in total. The standard InChI is InChI=1S/ClHO2.Cu.Na.H/c2-1-3;;;/h2H;;;. The van der Waals surface area contributed by atoms with E-state index < -0.39 is 0 Å². The number of rotatable bonds is 0. The van der Waals surface area contributed by atoms with Gasteiger partial charge in [-0.1, -0.05) is 0 Å². The van der Waals surface area contributed by atoms with Gasteiger partial charge in [0, 0.05) is 17.1 Å². The Hall–Kier alpha value is 1.73. The van der Waals surface area contributed by atoms with Gasteiger partial charge in [-0.25, -0.2) is 0 Å². The van der Waals surface area contributed by atoms with Crippen LogP contribution in [0.2, 0.25) is 0 Å². The molecule has 0 fully saturated rings. The fourth-order valence-electron chi connectivity index (χ4n) is 0. The molecular formula is H2ClCuNaO2. The van der Waals surface area contributed by atoms with Gasteiger partial charge in [-0.3, -0.25) is 0 Å². The Labute approximate surface area is 66.8 Å². The summed E-state index contributed by atoms with van der Waals surface area (Å²) in [4.78, 5) is 0. The van der Waals surface area contributed by atoms with Crippen LogP contribution in [0.15, 0.2) is 0 Å². The van der Waals surface area contributed by atoms with Crippen LogP contribution in [0.1, 0.15) is 0 Å². The van der Waals surface area contributed by atoms with Crippen LogP contribution in [-0.4, -0.2) is 34.2 Å². The van der Waals surface area contributed by atoms with Gasteiger partial charge in [-0.05, 0) is 0 Å². The maximum absolute atomic E-state index is 8.35. The monoisotopic (exact) mass is 155 g/mol. The number of hydrogen-bond acceptors (Lipinski definition) is 2. The molecule has 0 bridgehead atoms. The Morgan fingerprint density at radius 3 is 1.60 bits per heavy atom. The predicted octanol–water partition coefficient (Wildman–Crippen LogP) is -2.40. The minimum absolute atomic E-state index is 0. The zero-order chi connectivity index (χ0) is 2.71. The minimum Gasteiger partial charge on any atom is -0.506 e. The summed E-state index contributed by atoms with van der Waals surface area (Å²) in [6.07, 6.45) is 0. The van der Waals surface area contributed by atoms with Gasteiger partial charge >= 0.3 is 40.9 Å². The summed E-state index contributed by atoms with van der Waals surface area (Å²) >= 11 is -0.167. The van der Waals surface area contributed by atoms with Gasteiger partial charge in [-0.15, -0.1) is 4.66 Å². The Bertz CT molecular complexity index is 9.61. The van der Waals surface area contributed by atoms with Gasteiger partial charge in [0.05, 0.1) is 0 Å². The van der Waals surface area contributed by atoms with Crippen molar-refractivity contribution in [3.63, 3.8) is 0 Å². The van der Waals surface area contributed by atoms with Gasteiger partial charge < -0.3 is 4.66 Å². The molecule has 0 aliphatic rings. The van der Waals surface area contributed by atoms with Crippen LogP contribution in [0.5, 0.6) is 0 Å². The maximum Gasteiger partial charge on any atom is 0.327 e. The van der Waals surface area contributed by atoms with E-state index in [-0.39, 0.29) is 58.0 Å². The van der Waals surface area contributed by atoms with Crippen molar-refractivity contribution in [1.29, 1.82) is 0 Å². The molecule has 0 amide bonds. The molecular weight excluding hydrogens is 154 g/mol. The van der Waals surface area contributed by atoms with Crippen LogP contribution in [-0.2, 0) is 17.1 Å². The SMILES string of the molecule is [Cu].[NaH].[O-][Cl+]O. The zero-order valence-electron chi connectivity index (χ0n) is 1.53. The molecule has 0 aliphatic carbocycles. The Morgan fingerprint density at radius 2 is 1.60 bits per heavy atom. The zero-order valence-corrected chi connectivity index (χ0v) is 3.23. The molecule has 0 atom stereocenters. The van der Waals surface area contributed by atoms with Gasteiger partial charge in [0.15, 0.2) is 0 Å². The van der Waals surface area contributed by atoms with Crippen LogP contribution in [0, 0.1) is 11.3 Å². The second-order valence-electron chi connectivity index (χ2n) is 0.0690. The first-order valence-corrected chi connectivity index (χ1v) is 0.970. The van der Waals surface area contributed by atoms with Crippen molar-refractivity contribution in [3.8, 4) is 0 Å². The van der Waals surface area contributed by atoms with Crippen LogP contribution in [0.4, 0.5) is 0 Å². The average molecular weight is 156 g/mol. The summed E-state index contributed by atoms with van der Waals surface area (Å²) < 4.78 is 15.2. The van der Waals surface area contributed by atoms with Crippen molar-refractivity contribution in [2.24, 2.45) is 0 Å². The molecule has 0 aromatic heterocycles. The van der Waals surface area contributed by atoms with Crippen molar-refractivity contribution < 1.29 is 37.7 Å². The Balaban J connectivity index is -0.0000000200. The van der Waals surface area contributed by atoms with E-state index in [2.05, 4.69) is 0 Å². The molecule has 0 saturated carbocycles. The van der Waals surface area contributed by atoms with E-state index in [1.807, 2.05) is 0 Å². The number of halogens is 1. The normalized spacial score (nSPS) is 3.60. The van der Waals surface area contributed by atoms with E-state index in [0.29, 0.717) is 0 Å². The van der Waals surface area contributed by atoms with Crippen molar-refractivity contribution in [2.45, 2.75) is 0 Å². The first-order chi connectivity index (χ1) is 1.41. The molecule has 1 radical (unpaired) electrons. The molecule has 0 aromatic rings. The fourth-order valence-corrected chi connectivity index (χ4v) is 0. The van der Waals surface area contributed by atoms with Gasteiger partial charge in [0.25, 0.3) is 0 Å². The molecule has 0 unspecified atom stereocenters. The van der Waals surface area contributed by atoms with E-state index in [1.54, 1.807) is 0 Å². The third kappa shape index (κ3) is 26.6. The summed E-state index contributed by atoms with van der Waals surface area (Å²) in [5, 5.41) is 0. The van der Waals surface area contributed by atoms with Gasteiger partial charge in [0.1, 0.15) is 0 Å². The molecule has 33 valence electrons. The van der Waals surface area contributed by atoms with Crippen LogP contribution < -0.4 is 4.66 Å². The van der Waals surface area contributed by atoms with Crippen molar-refractivity contribution >= 4 is 29.6 Å². The average Bonchev–Trinajstić information content (AvgIpc) is 0.918. The largest absolute Gasteiger partial charge is 0.506 e. The maximum atomic E-state index is 8.35. The summed E-state index contributed by atoms with van der Waals surface area (Å²) in [6, 6.07) is 0. The molecule has 0 heterocycles. The summed E-state index contributed by atoms with van der Waals surface area (Å²) in [7, 11) is 0. The van der Waals surface area contributed by atoms with E-state index in [0.717, 1.165) is 0 Å². The topological polar surface area (TPSA) is 43.3 Å². The van der Waals surface area contributed by atoms with Gasteiger partial charge in [-0.2, -0.15) is 0 Å². The summed E-state index contributed by atoms with van der Waals surface area (Å²) in [5.41, 5.74) is 0. The van der Waals surface area contributed by atoms with Crippen molar-refractivity contribution in [2.75, 3.05) is 0 Å². The molecule has 0 spiro atoms. The Morgan fingerprint density at radius 1 is 1.60 bits per heavy atom. The third-order valence-electron chi connectivity index (χ3n) is 0. The second kappa shape index (κ2) is 17.2. The minimum atomic E-state index is -0.167. The van der Waals surface area contributed by atoms with Crippen molar-refractivity contribution in [1.82, 2.24) is 0 Å².